The first-order chi connectivity index (χ1) is 35.6. The molecular weight excluding hydrogens is 889 g/mol. The van der Waals surface area contributed by atoms with Crippen molar-refractivity contribution in [3.05, 3.63) is 12.2 Å². The number of carbonyl (C=O) groups is 2. The van der Waals surface area contributed by atoms with Gasteiger partial charge >= 0.3 is 11.9 Å². The number of ether oxygens (including phenoxy) is 2. The van der Waals surface area contributed by atoms with E-state index in [9.17, 15) is 19.8 Å². The average Bonchev–Trinajstić information content (AvgIpc) is 3.45. The highest BCUT2D eigenvalue weighted by atomic mass is 16.6. The second kappa shape index (κ2) is 55.8. The summed E-state index contributed by atoms with van der Waals surface area (Å²) >= 11 is 0. The summed E-state index contributed by atoms with van der Waals surface area (Å²) in [4.78, 5) is 24.7. The lowest BCUT2D eigenvalue weighted by molar-refractivity contribution is -0.155. The van der Waals surface area contributed by atoms with E-state index in [1.54, 1.807) is 0 Å². The number of aliphatic hydroxyl groups excluding tert-OH is 2. The fourth-order valence-electron chi connectivity index (χ4n) is 10.9. The minimum absolute atomic E-state index is 0.00190. The van der Waals surface area contributed by atoms with E-state index < -0.39 is 36.5 Å². The van der Waals surface area contributed by atoms with Crippen LogP contribution >= 0.6 is 0 Å². The Morgan fingerprint density at radius 1 is 0.361 bits per heavy atom. The zero-order valence-electron chi connectivity index (χ0n) is 48.5. The van der Waals surface area contributed by atoms with Crippen LogP contribution < -0.4 is 0 Å². The van der Waals surface area contributed by atoms with Crippen LogP contribution in [0.15, 0.2) is 12.2 Å². The Labute approximate surface area is 449 Å². The molecule has 1 fully saturated rings. The second-order valence-corrected chi connectivity index (χ2v) is 23.5. The summed E-state index contributed by atoms with van der Waals surface area (Å²) in [6.45, 7) is 1.21. The van der Waals surface area contributed by atoms with Crippen LogP contribution in [0.1, 0.15) is 360 Å². The third-order valence-electron chi connectivity index (χ3n) is 16.3. The van der Waals surface area contributed by atoms with E-state index in [0.717, 1.165) is 19.3 Å². The fraction of sp³-hybridized carbons (Fsp3) is 0.939. The number of esters is 2. The Bertz CT molecular complexity index is 1130. The van der Waals surface area contributed by atoms with Crippen molar-refractivity contribution in [3.63, 3.8) is 0 Å². The summed E-state index contributed by atoms with van der Waals surface area (Å²) in [6.07, 6.45) is 80.2. The number of rotatable bonds is 57. The minimum Gasteiger partial charge on any atom is -0.465 e. The predicted octanol–water partition coefficient (Wildman–Crippen LogP) is 20.7. The molecule has 1 atom stereocenters. The first-order valence-electron chi connectivity index (χ1n) is 32.8. The van der Waals surface area contributed by atoms with Crippen LogP contribution in [0.3, 0.4) is 0 Å². The van der Waals surface area contributed by atoms with E-state index in [1.807, 2.05) is 0 Å². The SMILES string of the molecule is CCCCCCCCCCCCCCCCCCCCCCCCCCCCCCCCCCCCCCCCCC/C=C/CCCCCCCCCCCCCC1CC(=O)OCC(CO)(CO)COC1=O. The van der Waals surface area contributed by atoms with Crippen LogP contribution in [0.5, 0.6) is 0 Å². The van der Waals surface area contributed by atoms with Crippen molar-refractivity contribution < 1.29 is 29.3 Å². The second-order valence-electron chi connectivity index (χ2n) is 23.5. The first kappa shape index (κ1) is 68.6. The highest BCUT2D eigenvalue weighted by molar-refractivity contribution is 5.80. The Kier molecular flexibility index (Phi) is 53.2. The number of hydrogen-bond donors (Lipinski definition) is 2. The smallest absolute Gasteiger partial charge is 0.309 e. The summed E-state index contributed by atoms with van der Waals surface area (Å²) in [7, 11) is 0. The molecule has 0 radical (unpaired) electrons. The van der Waals surface area contributed by atoms with Crippen molar-refractivity contribution in [1.29, 1.82) is 0 Å². The maximum Gasteiger partial charge on any atom is 0.309 e. The highest BCUT2D eigenvalue weighted by Gasteiger charge is 2.36. The lowest BCUT2D eigenvalue weighted by Crippen LogP contribution is -2.40. The van der Waals surface area contributed by atoms with Gasteiger partial charge in [0.25, 0.3) is 0 Å². The Balaban J connectivity index is 1.68. The lowest BCUT2D eigenvalue weighted by atomic mass is 9.92. The molecule has 1 unspecified atom stereocenters. The van der Waals surface area contributed by atoms with Gasteiger partial charge in [-0.05, 0) is 32.1 Å². The summed E-state index contributed by atoms with van der Waals surface area (Å²) in [5.41, 5.74) is -1.13. The molecule has 426 valence electrons. The van der Waals surface area contributed by atoms with Gasteiger partial charge in [-0.25, -0.2) is 0 Å². The molecule has 0 bridgehead atoms. The molecule has 0 aromatic rings. The average molecular weight is 1020 g/mol. The molecule has 72 heavy (non-hydrogen) atoms. The van der Waals surface area contributed by atoms with E-state index in [-0.39, 0.29) is 19.6 Å². The maximum absolute atomic E-state index is 12.5. The van der Waals surface area contributed by atoms with Gasteiger partial charge in [-0.15, -0.1) is 0 Å². The van der Waals surface area contributed by atoms with Crippen molar-refractivity contribution in [2.45, 2.75) is 360 Å². The normalized spacial score (nSPS) is 15.2. The van der Waals surface area contributed by atoms with Crippen molar-refractivity contribution in [2.75, 3.05) is 26.4 Å². The lowest BCUT2D eigenvalue weighted by Gasteiger charge is -2.27. The monoisotopic (exact) mass is 1010 g/mol. The molecule has 1 heterocycles. The molecule has 1 saturated heterocycles. The molecule has 2 N–H and O–H groups in total. The van der Waals surface area contributed by atoms with Gasteiger partial charge in [0.1, 0.15) is 13.2 Å². The van der Waals surface area contributed by atoms with Crippen molar-refractivity contribution in [2.24, 2.45) is 11.3 Å². The molecule has 6 nitrogen and oxygen atoms in total. The number of hydrogen-bond acceptors (Lipinski definition) is 6. The van der Waals surface area contributed by atoms with E-state index >= 15 is 0 Å². The minimum atomic E-state index is -1.13. The van der Waals surface area contributed by atoms with Crippen molar-refractivity contribution in [1.82, 2.24) is 0 Å². The van der Waals surface area contributed by atoms with Crippen LogP contribution in [0, 0.1) is 11.3 Å². The number of aliphatic hydroxyl groups is 2. The molecule has 1 aliphatic rings. The Hall–Kier alpha value is -1.40. The Morgan fingerprint density at radius 2 is 0.597 bits per heavy atom. The molecule has 0 aromatic heterocycles. The molecule has 0 aromatic carbocycles. The highest BCUT2D eigenvalue weighted by Crippen LogP contribution is 2.25. The third-order valence-corrected chi connectivity index (χ3v) is 16.3. The summed E-state index contributed by atoms with van der Waals surface area (Å²) in [5, 5.41) is 19.2. The topological polar surface area (TPSA) is 93.1 Å². The number of carbonyl (C=O) groups excluding carboxylic acids is 2. The Morgan fingerprint density at radius 3 is 0.861 bits per heavy atom. The fourth-order valence-corrected chi connectivity index (χ4v) is 10.9. The van der Waals surface area contributed by atoms with Gasteiger partial charge in [0.15, 0.2) is 0 Å². The summed E-state index contributed by atoms with van der Waals surface area (Å²) in [5.74, 6) is -1.41. The van der Waals surface area contributed by atoms with Crippen LogP contribution in [0.2, 0.25) is 0 Å². The van der Waals surface area contributed by atoms with Gasteiger partial charge in [-0.1, -0.05) is 334 Å². The largest absolute Gasteiger partial charge is 0.465 e. The van der Waals surface area contributed by atoms with Crippen LogP contribution in [-0.2, 0) is 19.1 Å². The van der Waals surface area contributed by atoms with E-state index in [4.69, 9.17) is 9.47 Å². The van der Waals surface area contributed by atoms with E-state index in [1.165, 1.54) is 321 Å². The van der Waals surface area contributed by atoms with Gasteiger partial charge < -0.3 is 19.7 Å². The van der Waals surface area contributed by atoms with Gasteiger partial charge in [0, 0.05) is 0 Å². The zero-order chi connectivity index (χ0) is 51.8. The summed E-state index contributed by atoms with van der Waals surface area (Å²) < 4.78 is 10.6. The summed E-state index contributed by atoms with van der Waals surface area (Å²) in [6, 6.07) is 0. The van der Waals surface area contributed by atoms with E-state index in [0.29, 0.717) is 6.42 Å². The molecule has 0 aliphatic carbocycles. The molecule has 6 heteroatoms. The van der Waals surface area contributed by atoms with Gasteiger partial charge in [0.05, 0.1) is 31.0 Å². The van der Waals surface area contributed by atoms with Gasteiger partial charge in [-0.3, -0.25) is 9.59 Å². The number of unbranched alkanes of at least 4 members (excludes halogenated alkanes) is 51. The maximum atomic E-state index is 12.5. The molecule has 0 saturated carbocycles. The van der Waals surface area contributed by atoms with Crippen LogP contribution in [0.25, 0.3) is 0 Å². The van der Waals surface area contributed by atoms with Crippen molar-refractivity contribution >= 4 is 11.9 Å². The number of allylic oxidation sites excluding steroid dienone is 2. The zero-order valence-corrected chi connectivity index (χ0v) is 48.5. The predicted molar refractivity (Wildman–Crippen MR) is 311 cm³/mol. The third kappa shape index (κ3) is 47.1. The number of cyclic esters (lactones) is 2. The molecule has 0 spiro atoms. The first-order valence-corrected chi connectivity index (χ1v) is 32.8. The van der Waals surface area contributed by atoms with Crippen LogP contribution in [-0.4, -0.2) is 48.6 Å². The molecular formula is C66H126O6. The van der Waals surface area contributed by atoms with Crippen LogP contribution in [0.4, 0.5) is 0 Å². The quantitative estimate of drug-likeness (QED) is 0.0358. The van der Waals surface area contributed by atoms with E-state index in [2.05, 4.69) is 19.1 Å². The van der Waals surface area contributed by atoms with Gasteiger partial charge in [-0.2, -0.15) is 0 Å². The standard InChI is InChI=1S/C66H126O6/c1-2-3-4-5-6-7-8-9-10-11-12-13-14-15-16-17-18-19-20-21-22-23-24-25-26-27-28-29-30-31-32-33-34-35-36-37-38-39-40-41-42-43-44-45-46-47-48-49-50-51-52-53-54-55-56-57-63-58-64(69)71-61-66(59-67,60-68)62-72-65(63)70/h43-44,63,67-68H,2-42,45-62H2,1H3/b44-43+. The molecule has 0 amide bonds. The van der Waals surface area contributed by atoms with Gasteiger partial charge in [0.2, 0.25) is 0 Å². The van der Waals surface area contributed by atoms with Crippen molar-refractivity contribution in [3.8, 4) is 0 Å². The molecule has 1 aliphatic heterocycles. The molecule has 1 rings (SSSR count).